The van der Waals surface area contributed by atoms with Crippen molar-refractivity contribution in [2.24, 2.45) is 4.99 Å². The number of nitrogens with zero attached hydrogens (tertiary/aromatic N) is 2. The van der Waals surface area contributed by atoms with E-state index in [-0.39, 0.29) is 43.1 Å². The van der Waals surface area contributed by atoms with Gasteiger partial charge in [0, 0.05) is 24.2 Å². The maximum Gasteiger partial charge on any atom is 0.387 e. The van der Waals surface area contributed by atoms with E-state index in [2.05, 4.69) is 25.5 Å². The van der Waals surface area contributed by atoms with Gasteiger partial charge in [0.25, 0.3) is 0 Å². The minimum atomic E-state index is -2.95. The largest absolute Gasteiger partial charge is 0.454 e. The fourth-order valence-corrected chi connectivity index (χ4v) is 2.30. The molecule has 2 heterocycles. The molecule has 8 nitrogen and oxygen atoms in total. The van der Waals surface area contributed by atoms with Crippen LogP contribution in [0.3, 0.4) is 0 Å². The molecule has 1 aromatic heterocycles. The summed E-state index contributed by atoms with van der Waals surface area (Å²) < 4.78 is 45.2. The Kier molecular flexibility index (Phi) is 7.88. The molecule has 0 atom stereocenters. The molecular formula is C16H19F2IN4O4. The van der Waals surface area contributed by atoms with E-state index in [1.54, 1.807) is 12.1 Å². The Bertz CT molecular complexity index is 759. The molecule has 0 radical (unpaired) electrons. The molecule has 0 spiro atoms. The lowest BCUT2D eigenvalue weighted by atomic mass is 10.1. The Balaban J connectivity index is 0.00000261. The number of ether oxygens (including phenoxy) is 3. The molecule has 2 aromatic rings. The smallest absolute Gasteiger partial charge is 0.387 e. The molecule has 1 aromatic carbocycles. The molecule has 3 rings (SSSR count). The fraction of sp³-hybridized carbons (Fsp3) is 0.375. The van der Waals surface area contributed by atoms with Crippen LogP contribution in [0.15, 0.2) is 34.0 Å². The van der Waals surface area contributed by atoms with Gasteiger partial charge in [0.15, 0.2) is 17.5 Å². The van der Waals surface area contributed by atoms with Gasteiger partial charge in [-0.3, -0.25) is 0 Å². The topological polar surface area (TPSA) is 90.1 Å². The van der Waals surface area contributed by atoms with Gasteiger partial charge in [0.2, 0.25) is 6.79 Å². The molecular weight excluding hydrogens is 477 g/mol. The van der Waals surface area contributed by atoms with Crippen molar-refractivity contribution in [3.05, 3.63) is 35.7 Å². The Morgan fingerprint density at radius 3 is 2.74 bits per heavy atom. The molecule has 1 aliphatic heterocycles. The quantitative estimate of drug-likeness (QED) is 0.346. The average Bonchev–Trinajstić information content (AvgIpc) is 3.27. The number of hydrogen-bond acceptors (Lipinski definition) is 6. The van der Waals surface area contributed by atoms with E-state index in [0.29, 0.717) is 41.8 Å². The molecule has 0 amide bonds. The van der Waals surface area contributed by atoms with Crippen molar-refractivity contribution < 1.29 is 27.5 Å². The van der Waals surface area contributed by atoms with Gasteiger partial charge in [-0.15, -0.1) is 24.0 Å². The van der Waals surface area contributed by atoms with Crippen LogP contribution in [0.1, 0.15) is 18.2 Å². The first-order valence-electron chi connectivity index (χ1n) is 7.94. The van der Waals surface area contributed by atoms with Crippen molar-refractivity contribution in [1.29, 1.82) is 0 Å². The molecule has 0 bridgehead atoms. The summed E-state index contributed by atoms with van der Waals surface area (Å²) in [7, 11) is 0. The van der Waals surface area contributed by atoms with Crippen molar-refractivity contribution in [3.8, 4) is 17.2 Å². The van der Waals surface area contributed by atoms with Gasteiger partial charge in [0.05, 0.1) is 13.1 Å². The van der Waals surface area contributed by atoms with Crippen LogP contribution < -0.4 is 24.8 Å². The maximum atomic E-state index is 12.7. The minimum absolute atomic E-state index is 0. The summed E-state index contributed by atoms with van der Waals surface area (Å²) >= 11 is 0. The molecule has 11 heteroatoms. The van der Waals surface area contributed by atoms with E-state index in [1.165, 1.54) is 12.3 Å². The average molecular weight is 496 g/mol. The van der Waals surface area contributed by atoms with Crippen LogP contribution in [0.2, 0.25) is 0 Å². The Morgan fingerprint density at radius 2 is 2.07 bits per heavy atom. The van der Waals surface area contributed by atoms with Crippen molar-refractivity contribution in [2.45, 2.75) is 26.6 Å². The van der Waals surface area contributed by atoms with Crippen LogP contribution in [-0.4, -0.2) is 31.1 Å². The molecule has 2 N–H and O–H groups in total. The Labute approximate surface area is 171 Å². The SMILES string of the molecule is CCNC(=NCc1cc2c(cc1OC(F)F)OCO2)NCc1ccon1.I. The summed E-state index contributed by atoms with van der Waals surface area (Å²) in [5.41, 5.74) is 1.16. The number of aromatic nitrogens is 1. The number of aliphatic imine (C=N–C) groups is 1. The Hall–Kier alpha value is -2.31. The maximum absolute atomic E-state index is 12.7. The standard InChI is InChI=1S/C16H18F2N4O4.HI/c1-2-19-16(21-8-11-3-4-25-22-11)20-7-10-5-13-14(24-9-23-13)6-12(10)26-15(17)18;/h3-6,15H,2,7-9H2,1H3,(H2,19,20,21);1H. The van der Waals surface area contributed by atoms with Crippen LogP contribution >= 0.6 is 24.0 Å². The van der Waals surface area contributed by atoms with Gasteiger partial charge in [0.1, 0.15) is 17.7 Å². The number of nitrogens with one attached hydrogen (secondary N) is 2. The number of halogens is 3. The van der Waals surface area contributed by atoms with Crippen molar-refractivity contribution >= 4 is 29.9 Å². The van der Waals surface area contributed by atoms with Crippen LogP contribution in [-0.2, 0) is 13.1 Å². The zero-order chi connectivity index (χ0) is 18.4. The first-order valence-corrected chi connectivity index (χ1v) is 7.94. The first-order chi connectivity index (χ1) is 12.7. The van der Waals surface area contributed by atoms with Crippen LogP contribution in [0.5, 0.6) is 17.2 Å². The van der Waals surface area contributed by atoms with Crippen LogP contribution in [0, 0.1) is 0 Å². The molecule has 0 unspecified atom stereocenters. The van der Waals surface area contributed by atoms with Crippen LogP contribution in [0.25, 0.3) is 0 Å². The summed E-state index contributed by atoms with van der Waals surface area (Å²) in [5, 5.41) is 9.94. The summed E-state index contributed by atoms with van der Waals surface area (Å²) in [6.07, 6.45) is 1.47. The van der Waals surface area contributed by atoms with Gasteiger partial charge in [-0.05, 0) is 13.0 Å². The number of hydrogen-bond donors (Lipinski definition) is 2. The summed E-state index contributed by atoms with van der Waals surface area (Å²) in [5.74, 6) is 1.33. The van der Waals surface area contributed by atoms with E-state index < -0.39 is 6.61 Å². The van der Waals surface area contributed by atoms with Gasteiger partial charge in [-0.1, -0.05) is 5.16 Å². The second-order valence-corrected chi connectivity index (χ2v) is 5.23. The highest BCUT2D eigenvalue weighted by Crippen LogP contribution is 2.38. The predicted molar refractivity (Wildman–Crippen MR) is 103 cm³/mol. The lowest BCUT2D eigenvalue weighted by Crippen LogP contribution is -2.36. The lowest BCUT2D eigenvalue weighted by molar-refractivity contribution is -0.0505. The lowest BCUT2D eigenvalue weighted by Gasteiger charge is -2.13. The second-order valence-electron chi connectivity index (χ2n) is 5.23. The number of benzene rings is 1. The van der Waals surface area contributed by atoms with E-state index in [4.69, 9.17) is 14.0 Å². The third kappa shape index (κ3) is 5.84. The van der Waals surface area contributed by atoms with E-state index >= 15 is 0 Å². The van der Waals surface area contributed by atoms with Gasteiger partial charge >= 0.3 is 6.61 Å². The molecule has 0 saturated carbocycles. The second kappa shape index (κ2) is 10.1. The highest BCUT2D eigenvalue weighted by molar-refractivity contribution is 14.0. The number of alkyl halides is 2. The monoisotopic (exact) mass is 496 g/mol. The molecule has 0 aliphatic carbocycles. The molecule has 27 heavy (non-hydrogen) atoms. The van der Waals surface area contributed by atoms with Gasteiger partial charge in [-0.2, -0.15) is 8.78 Å². The fourth-order valence-electron chi connectivity index (χ4n) is 2.30. The number of rotatable bonds is 7. The zero-order valence-electron chi connectivity index (χ0n) is 14.4. The number of guanidine groups is 1. The third-order valence-electron chi connectivity index (χ3n) is 3.45. The first kappa shape index (κ1) is 21.0. The Morgan fingerprint density at radius 1 is 1.30 bits per heavy atom. The summed E-state index contributed by atoms with van der Waals surface area (Å²) in [4.78, 5) is 4.39. The molecule has 1 aliphatic rings. The third-order valence-corrected chi connectivity index (χ3v) is 3.45. The van der Waals surface area contributed by atoms with Gasteiger partial charge < -0.3 is 29.4 Å². The predicted octanol–water partition coefficient (Wildman–Crippen LogP) is 2.88. The summed E-state index contributed by atoms with van der Waals surface area (Å²) in [6, 6.07) is 4.70. The van der Waals surface area contributed by atoms with E-state index in [1.807, 2.05) is 6.92 Å². The van der Waals surface area contributed by atoms with Crippen LogP contribution in [0.4, 0.5) is 8.78 Å². The summed E-state index contributed by atoms with van der Waals surface area (Å²) in [6.45, 7) is 0.150. The van der Waals surface area contributed by atoms with Crippen molar-refractivity contribution in [1.82, 2.24) is 15.8 Å². The minimum Gasteiger partial charge on any atom is -0.454 e. The number of fused-ring (bicyclic) bond motifs is 1. The van der Waals surface area contributed by atoms with Crippen molar-refractivity contribution in [2.75, 3.05) is 13.3 Å². The van der Waals surface area contributed by atoms with E-state index in [0.717, 1.165) is 0 Å². The van der Waals surface area contributed by atoms with E-state index in [9.17, 15) is 8.78 Å². The zero-order valence-corrected chi connectivity index (χ0v) is 16.7. The highest BCUT2D eigenvalue weighted by atomic mass is 127. The van der Waals surface area contributed by atoms with Gasteiger partial charge in [-0.25, -0.2) is 4.99 Å². The molecule has 0 saturated heterocycles. The normalized spacial score (nSPS) is 12.7. The molecule has 0 fully saturated rings. The molecule has 148 valence electrons. The van der Waals surface area contributed by atoms with Crippen molar-refractivity contribution in [3.63, 3.8) is 0 Å². The highest BCUT2D eigenvalue weighted by Gasteiger charge is 2.20.